The standard InChI is InChI=1S/C24H23N3O2.ClH/c28-23-11-20(15-27(23)22-7-3-5-17-4-1-2-6-21(17)22)24(29)26-12-16-8-9-18-13-25-14-19(18)10-16;/h1-10,20,25H,11-15H2,(H,26,29);1H. The van der Waals surface area contributed by atoms with E-state index in [1.165, 1.54) is 11.1 Å². The molecule has 2 amide bonds. The van der Waals surface area contributed by atoms with Crippen LogP contribution in [0.5, 0.6) is 0 Å². The van der Waals surface area contributed by atoms with Crippen molar-refractivity contribution in [2.45, 2.75) is 26.1 Å². The fraction of sp³-hybridized carbons (Fsp3) is 0.250. The molecule has 1 atom stereocenters. The third kappa shape index (κ3) is 3.78. The molecular formula is C24H24ClN3O2. The lowest BCUT2D eigenvalue weighted by molar-refractivity contribution is -0.126. The molecule has 1 fully saturated rings. The minimum atomic E-state index is -0.322. The highest BCUT2D eigenvalue weighted by atomic mass is 35.5. The van der Waals surface area contributed by atoms with Crippen LogP contribution in [0, 0.1) is 5.92 Å². The van der Waals surface area contributed by atoms with Gasteiger partial charge in [0.25, 0.3) is 0 Å². The SMILES string of the molecule is Cl.O=C(NCc1ccc2c(c1)CNC2)C1CC(=O)N(c2cccc3ccccc23)C1. The van der Waals surface area contributed by atoms with Crippen LogP contribution in [-0.4, -0.2) is 18.4 Å². The summed E-state index contributed by atoms with van der Waals surface area (Å²) in [7, 11) is 0. The van der Waals surface area contributed by atoms with E-state index in [-0.39, 0.29) is 36.6 Å². The number of carbonyl (C=O) groups is 2. The van der Waals surface area contributed by atoms with Crippen molar-refractivity contribution in [3.63, 3.8) is 0 Å². The van der Waals surface area contributed by atoms with E-state index in [2.05, 4.69) is 28.8 Å². The normalized spacial score (nSPS) is 17.7. The summed E-state index contributed by atoms with van der Waals surface area (Å²) in [6.45, 7) is 2.71. The largest absolute Gasteiger partial charge is 0.352 e. The second kappa shape index (κ2) is 8.46. The summed E-state index contributed by atoms with van der Waals surface area (Å²) in [5.74, 6) is -0.373. The molecule has 154 valence electrons. The second-order valence-corrected chi connectivity index (χ2v) is 7.83. The van der Waals surface area contributed by atoms with Crippen LogP contribution in [0.1, 0.15) is 23.1 Å². The number of nitrogens with zero attached hydrogens (tertiary/aromatic N) is 1. The van der Waals surface area contributed by atoms with Gasteiger partial charge in [0.15, 0.2) is 0 Å². The van der Waals surface area contributed by atoms with E-state index < -0.39 is 0 Å². The molecule has 0 saturated carbocycles. The van der Waals surface area contributed by atoms with Crippen LogP contribution in [0.15, 0.2) is 60.7 Å². The lowest BCUT2D eigenvalue weighted by Gasteiger charge is -2.19. The summed E-state index contributed by atoms with van der Waals surface area (Å²) in [6, 6.07) is 20.3. The molecule has 0 aliphatic carbocycles. The quantitative estimate of drug-likeness (QED) is 0.677. The zero-order valence-electron chi connectivity index (χ0n) is 16.6. The van der Waals surface area contributed by atoms with Crippen molar-refractivity contribution in [3.8, 4) is 0 Å². The number of carbonyl (C=O) groups excluding carboxylic acids is 2. The van der Waals surface area contributed by atoms with Crippen LogP contribution in [0.3, 0.4) is 0 Å². The highest BCUT2D eigenvalue weighted by molar-refractivity contribution is 6.06. The molecule has 0 aromatic heterocycles. The van der Waals surface area contributed by atoms with Gasteiger partial charge in [-0.2, -0.15) is 0 Å². The predicted molar refractivity (Wildman–Crippen MR) is 120 cm³/mol. The summed E-state index contributed by atoms with van der Waals surface area (Å²) in [5.41, 5.74) is 4.60. The van der Waals surface area contributed by atoms with Crippen LogP contribution in [0.4, 0.5) is 5.69 Å². The first-order chi connectivity index (χ1) is 14.2. The van der Waals surface area contributed by atoms with Crippen molar-refractivity contribution < 1.29 is 9.59 Å². The molecule has 2 N–H and O–H groups in total. The van der Waals surface area contributed by atoms with Crippen molar-refractivity contribution >= 4 is 40.7 Å². The van der Waals surface area contributed by atoms with Gasteiger partial charge in [0, 0.05) is 38.0 Å². The predicted octanol–water partition coefficient (Wildman–Crippen LogP) is 3.53. The molecule has 2 aliphatic rings. The van der Waals surface area contributed by atoms with E-state index in [0.29, 0.717) is 13.1 Å². The first-order valence-corrected chi connectivity index (χ1v) is 10.1. The molecule has 6 heteroatoms. The van der Waals surface area contributed by atoms with Gasteiger partial charge >= 0.3 is 0 Å². The Hall–Kier alpha value is -2.89. The third-order valence-corrected chi connectivity index (χ3v) is 5.92. The number of hydrogen-bond acceptors (Lipinski definition) is 3. The molecule has 0 spiro atoms. The fourth-order valence-corrected chi connectivity index (χ4v) is 4.35. The summed E-state index contributed by atoms with van der Waals surface area (Å²) in [4.78, 5) is 27.2. The molecule has 2 aliphatic heterocycles. The van der Waals surface area contributed by atoms with E-state index in [0.717, 1.165) is 35.1 Å². The maximum Gasteiger partial charge on any atom is 0.227 e. The van der Waals surface area contributed by atoms with Crippen LogP contribution >= 0.6 is 12.4 Å². The monoisotopic (exact) mass is 421 g/mol. The Bertz CT molecular complexity index is 1110. The Morgan fingerprint density at radius 2 is 1.83 bits per heavy atom. The van der Waals surface area contributed by atoms with Gasteiger partial charge in [0.05, 0.1) is 11.6 Å². The van der Waals surface area contributed by atoms with Crippen molar-refractivity contribution in [1.82, 2.24) is 10.6 Å². The van der Waals surface area contributed by atoms with Crippen molar-refractivity contribution in [1.29, 1.82) is 0 Å². The second-order valence-electron chi connectivity index (χ2n) is 7.83. The molecule has 0 bridgehead atoms. The maximum absolute atomic E-state index is 12.7. The zero-order chi connectivity index (χ0) is 19.8. The molecule has 5 nitrogen and oxygen atoms in total. The number of hydrogen-bond donors (Lipinski definition) is 2. The number of anilines is 1. The Kier molecular flexibility index (Phi) is 5.75. The average Bonchev–Trinajstić information content (AvgIpc) is 3.37. The van der Waals surface area contributed by atoms with E-state index in [9.17, 15) is 9.59 Å². The van der Waals surface area contributed by atoms with Crippen molar-refractivity contribution in [2.75, 3.05) is 11.4 Å². The Labute approximate surface area is 181 Å². The van der Waals surface area contributed by atoms with Gasteiger partial charge in [0.1, 0.15) is 0 Å². The highest BCUT2D eigenvalue weighted by Crippen LogP contribution is 2.31. The number of benzene rings is 3. The van der Waals surface area contributed by atoms with Crippen LogP contribution in [0.2, 0.25) is 0 Å². The third-order valence-electron chi connectivity index (χ3n) is 5.92. The number of nitrogens with one attached hydrogen (secondary N) is 2. The van der Waals surface area contributed by atoms with E-state index in [1.54, 1.807) is 4.90 Å². The molecule has 0 radical (unpaired) electrons. The van der Waals surface area contributed by atoms with Gasteiger partial charge in [0.2, 0.25) is 11.8 Å². The van der Waals surface area contributed by atoms with Crippen molar-refractivity contribution in [3.05, 3.63) is 77.4 Å². The number of amides is 2. The van der Waals surface area contributed by atoms with E-state index >= 15 is 0 Å². The Balaban J connectivity index is 0.00000218. The first kappa shape index (κ1) is 20.4. The van der Waals surface area contributed by atoms with E-state index in [4.69, 9.17) is 0 Å². The zero-order valence-corrected chi connectivity index (χ0v) is 17.4. The summed E-state index contributed by atoms with van der Waals surface area (Å²) in [6.07, 6.45) is 0.253. The smallest absolute Gasteiger partial charge is 0.227 e. The molecule has 3 aromatic carbocycles. The molecule has 1 saturated heterocycles. The molecule has 2 heterocycles. The summed E-state index contributed by atoms with van der Waals surface area (Å²) < 4.78 is 0. The number of fused-ring (bicyclic) bond motifs is 2. The van der Waals surface area contributed by atoms with Crippen LogP contribution in [-0.2, 0) is 29.2 Å². The summed E-state index contributed by atoms with van der Waals surface area (Å²) in [5, 5.41) is 8.49. The van der Waals surface area contributed by atoms with Gasteiger partial charge in [-0.1, -0.05) is 54.6 Å². The highest BCUT2D eigenvalue weighted by Gasteiger charge is 2.35. The average molecular weight is 422 g/mol. The van der Waals surface area contributed by atoms with Crippen molar-refractivity contribution in [2.24, 2.45) is 5.92 Å². The lowest BCUT2D eigenvalue weighted by Crippen LogP contribution is -2.32. The van der Waals surface area contributed by atoms with Gasteiger partial charge < -0.3 is 15.5 Å². The molecule has 3 aromatic rings. The fourth-order valence-electron chi connectivity index (χ4n) is 4.35. The minimum absolute atomic E-state index is 0. The van der Waals surface area contributed by atoms with E-state index in [1.807, 2.05) is 42.5 Å². The Morgan fingerprint density at radius 1 is 1.03 bits per heavy atom. The van der Waals surface area contributed by atoms with Gasteiger partial charge in [-0.25, -0.2) is 0 Å². The van der Waals surface area contributed by atoms with Crippen LogP contribution < -0.4 is 15.5 Å². The first-order valence-electron chi connectivity index (χ1n) is 10.1. The number of rotatable bonds is 4. The van der Waals surface area contributed by atoms with Gasteiger partial charge in [-0.3, -0.25) is 9.59 Å². The van der Waals surface area contributed by atoms with Crippen LogP contribution in [0.25, 0.3) is 10.8 Å². The van der Waals surface area contributed by atoms with Gasteiger partial charge in [-0.05, 0) is 28.1 Å². The minimum Gasteiger partial charge on any atom is -0.352 e. The molecule has 1 unspecified atom stereocenters. The van der Waals surface area contributed by atoms with Gasteiger partial charge in [-0.15, -0.1) is 12.4 Å². The maximum atomic E-state index is 12.7. The Morgan fingerprint density at radius 3 is 2.73 bits per heavy atom. The topological polar surface area (TPSA) is 61.4 Å². The molecule has 5 rings (SSSR count). The molecular weight excluding hydrogens is 398 g/mol. The summed E-state index contributed by atoms with van der Waals surface area (Å²) >= 11 is 0. The number of halogens is 1. The molecule has 30 heavy (non-hydrogen) atoms. The lowest BCUT2D eigenvalue weighted by atomic mass is 10.1.